The molecule has 1 aliphatic rings. The van der Waals surface area contributed by atoms with Gasteiger partial charge in [0.15, 0.2) is 0 Å². The number of amidine groups is 1. The van der Waals surface area contributed by atoms with Gasteiger partial charge >= 0.3 is 0 Å². The number of hydrogen-bond donors (Lipinski definition) is 1. The monoisotopic (exact) mass is 283 g/mol. The number of halogens is 2. The van der Waals surface area contributed by atoms with Crippen LogP contribution < -0.4 is 5.73 Å². The van der Waals surface area contributed by atoms with Gasteiger partial charge in [0.25, 0.3) is 5.91 Å². The number of amides is 1. The number of alkyl halides is 1. The van der Waals surface area contributed by atoms with E-state index in [1.807, 2.05) is 0 Å². The van der Waals surface area contributed by atoms with E-state index in [9.17, 15) is 9.18 Å². The maximum absolute atomic E-state index is 13.9. The van der Waals surface area contributed by atoms with E-state index < -0.39 is 5.82 Å². The number of carbonyl (C=O) groups is 1. The molecule has 6 heteroatoms. The molecule has 1 aromatic carbocycles. The van der Waals surface area contributed by atoms with Crippen LogP contribution in [-0.4, -0.2) is 35.6 Å². The highest BCUT2D eigenvalue weighted by atomic mass is 35.5. The predicted octanol–water partition coefficient (Wildman–Crippen LogP) is 2.29. The molecule has 0 bridgehead atoms. The van der Waals surface area contributed by atoms with Crippen LogP contribution >= 0.6 is 11.6 Å². The topological polar surface area (TPSA) is 58.7 Å². The van der Waals surface area contributed by atoms with Crippen molar-refractivity contribution in [1.29, 1.82) is 0 Å². The van der Waals surface area contributed by atoms with Gasteiger partial charge in [0.2, 0.25) is 0 Å². The van der Waals surface area contributed by atoms with E-state index in [2.05, 4.69) is 4.99 Å². The van der Waals surface area contributed by atoms with Crippen molar-refractivity contribution in [3.05, 3.63) is 29.6 Å². The standard InChI is InChI=1S/C13H15ClFN3O/c14-8-12(16)17-9-3-4-10(11(15)7-9)13(19)18-5-1-2-6-18/h3-4,7H,1-2,5-6,8H2,(H2,16,17). The molecule has 102 valence electrons. The Hall–Kier alpha value is -1.62. The zero-order valence-electron chi connectivity index (χ0n) is 10.4. The Kier molecular flexibility index (Phi) is 4.37. The first kappa shape index (κ1) is 13.8. The summed E-state index contributed by atoms with van der Waals surface area (Å²) in [4.78, 5) is 17.7. The van der Waals surface area contributed by atoms with Gasteiger partial charge < -0.3 is 10.6 Å². The SMILES string of the molecule is NC(CCl)=Nc1ccc(C(=O)N2CCCC2)c(F)c1. The molecule has 4 nitrogen and oxygen atoms in total. The Morgan fingerprint density at radius 3 is 2.68 bits per heavy atom. The first-order chi connectivity index (χ1) is 9.11. The van der Waals surface area contributed by atoms with Gasteiger partial charge in [-0.3, -0.25) is 4.79 Å². The lowest BCUT2D eigenvalue weighted by molar-refractivity contribution is 0.0788. The van der Waals surface area contributed by atoms with Crippen LogP contribution in [0.25, 0.3) is 0 Å². The van der Waals surface area contributed by atoms with Crippen molar-refractivity contribution in [2.24, 2.45) is 10.7 Å². The van der Waals surface area contributed by atoms with Gasteiger partial charge in [0.1, 0.15) is 11.7 Å². The number of benzene rings is 1. The number of nitrogens with zero attached hydrogens (tertiary/aromatic N) is 2. The van der Waals surface area contributed by atoms with Gasteiger partial charge in [-0.25, -0.2) is 9.38 Å². The summed E-state index contributed by atoms with van der Waals surface area (Å²) >= 11 is 5.50. The molecule has 0 spiro atoms. The van der Waals surface area contributed by atoms with Crippen LogP contribution in [0.15, 0.2) is 23.2 Å². The highest BCUT2D eigenvalue weighted by Gasteiger charge is 2.22. The second-order valence-corrected chi connectivity index (χ2v) is 4.67. The van der Waals surface area contributed by atoms with E-state index in [1.165, 1.54) is 12.1 Å². The maximum atomic E-state index is 13.9. The molecule has 1 aliphatic heterocycles. The van der Waals surface area contributed by atoms with Crippen molar-refractivity contribution >= 4 is 29.0 Å². The number of likely N-dealkylation sites (tertiary alicyclic amines) is 1. The Bertz CT molecular complexity index is 513. The molecule has 0 radical (unpaired) electrons. The fraction of sp³-hybridized carbons (Fsp3) is 0.385. The predicted molar refractivity (Wildman–Crippen MR) is 73.5 cm³/mol. The molecule has 19 heavy (non-hydrogen) atoms. The summed E-state index contributed by atoms with van der Waals surface area (Å²) in [5, 5.41) is 0. The van der Waals surface area contributed by atoms with Gasteiger partial charge in [-0.1, -0.05) is 0 Å². The van der Waals surface area contributed by atoms with Crippen LogP contribution in [0.1, 0.15) is 23.2 Å². The van der Waals surface area contributed by atoms with E-state index in [-0.39, 0.29) is 23.2 Å². The number of rotatable bonds is 3. The molecule has 1 saturated heterocycles. The molecule has 2 N–H and O–H groups in total. The van der Waals surface area contributed by atoms with Crippen molar-refractivity contribution in [1.82, 2.24) is 4.90 Å². The van der Waals surface area contributed by atoms with Crippen LogP contribution in [0, 0.1) is 5.82 Å². The summed E-state index contributed by atoms with van der Waals surface area (Å²) in [6, 6.07) is 4.20. The molecule has 0 unspecified atom stereocenters. The smallest absolute Gasteiger partial charge is 0.256 e. The van der Waals surface area contributed by atoms with Gasteiger partial charge in [0, 0.05) is 19.2 Å². The molecule has 0 aromatic heterocycles. The first-order valence-corrected chi connectivity index (χ1v) is 6.63. The highest BCUT2D eigenvalue weighted by molar-refractivity contribution is 6.28. The highest BCUT2D eigenvalue weighted by Crippen LogP contribution is 2.20. The van der Waals surface area contributed by atoms with E-state index in [4.69, 9.17) is 17.3 Å². The minimum absolute atomic E-state index is 0.0743. The average molecular weight is 284 g/mol. The summed E-state index contributed by atoms with van der Waals surface area (Å²) in [7, 11) is 0. The zero-order chi connectivity index (χ0) is 13.8. The molecule has 1 fully saturated rings. The Morgan fingerprint density at radius 2 is 2.11 bits per heavy atom. The molecule has 1 amide bonds. The fourth-order valence-corrected chi connectivity index (χ4v) is 2.09. The normalized spacial score (nSPS) is 15.9. The van der Waals surface area contributed by atoms with Crippen molar-refractivity contribution < 1.29 is 9.18 Å². The summed E-state index contributed by atoms with van der Waals surface area (Å²) in [5.41, 5.74) is 5.90. The van der Waals surface area contributed by atoms with Gasteiger partial charge in [-0.2, -0.15) is 0 Å². The zero-order valence-corrected chi connectivity index (χ0v) is 11.2. The van der Waals surface area contributed by atoms with Crippen molar-refractivity contribution in [3.8, 4) is 0 Å². The number of carbonyl (C=O) groups excluding carboxylic acids is 1. The second kappa shape index (κ2) is 6.02. The molecular formula is C13H15ClFN3O. The van der Waals surface area contributed by atoms with Crippen LogP contribution in [0.4, 0.5) is 10.1 Å². The summed E-state index contributed by atoms with van der Waals surface area (Å²) in [6.45, 7) is 1.38. The summed E-state index contributed by atoms with van der Waals surface area (Å²) in [6.07, 6.45) is 1.95. The molecule has 2 rings (SSSR count). The number of aliphatic imine (C=N–C) groups is 1. The lowest BCUT2D eigenvalue weighted by Crippen LogP contribution is -2.28. The molecular weight excluding hydrogens is 269 g/mol. The largest absolute Gasteiger partial charge is 0.386 e. The van der Waals surface area contributed by atoms with E-state index in [0.29, 0.717) is 18.8 Å². The molecule has 0 saturated carbocycles. The summed E-state index contributed by atoms with van der Waals surface area (Å²) < 4.78 is 13.9. The molecule has 0 atom stereocenters. The Balaban J connectivity index is 2.21. The van der Waals surface area contributed by atoms with Crippen LogP contribution in [-0.2, 0) is 0 Å². The van der Waals surface area contributed by atoms with Crippen molar-refractivity contribution in [2.75, 3.05) is 19.0 Å². The minimum atomic E-state index is -0.583. The quantitative estimate of drug-likeness (QED) is 0.526. The summed E-state index contributed by atoms with van der Waals surface area (Å²) in [5.74, 6) is -0.563. The van der Waals surface area contributed by atoms with Crippen molar-refractivity contribution in [2.45, 2.75) is 12.8 Å². The van der Waals surface area contributed by atoms with Crippen molar-refractivity contribution in [3.63, 3.8) is 0 Å². The lowest BCUT2D eigenvalue weighted by Gasteiger charge is -2.15. The second-order valence-electron chi connectivity index (χ2n) is 4.40. The molecule has 1 aromatic rings. The van der Waals surface area contributed by atoms with E-state index in [1.54, 1.807) is 11.0 Å². The molecule has 1 heterocycles. The Labute approximate surface area is 116 Å². The number of nitrogens with two attached hydrogens (primary N) is 1. The first-order valence-electron chi connectivity index (χ1n) is 6.09. The van der Waals surface area contributed by atoms with E-state index >= 15 is 0 Å². The van der Waals surface area contributed by atoms with Gasteiger partial charge in [-0.05, 0) is 25.0 Å². The van der Waals surface area contributed by atoms with Gasteiger partial charge in [0.05, 0.1) is 17.1 Å². The third kappa shape index (κ3) is 3.23. The lowest BCUT2D eigenvalue weighted by atomic mass is 10.1. The maximum Gasteiger partial charge on any atom is 0.256 e. The fourth-order valence-electron chi connectivity index (χ4n) is 2.03. The average Bonchev–Trinajstić information content (AvgIpc) is 2.92. The van der Waals surface area contributed by atoms with E-state index in [0.717, 1.165) is 12.8 Å². The Morgan fingerprint density at radius 1 is 1.42 bits per heavy atom. The van der Waals surface area contributed by atoms with Crippen LogP contribution in [0.3, 0.4) is 0 Å². The minimum Gasteiger partial charge on any atom is -0.386 e. The molecule has 0 aliphatic carbocycles. The third-order valence-electron chi connectivity index (χ3n) is 2.99. The van der Waals surface area contributed by atoms with Crippen LogP contribution in [0.2, 0.25) is 0 Å². The third-order valence-corrected chi connectivity index (χ3v) is 3.26. The number of hydrogen-bond acceptors (Lipinski definition) is 2. The van der Waals surface area contributed by atoms with Gasteiger partial charge in [-0.15, -0.1) is 11.6 Å². The van der Waals surface area contributed by atoms with Crippen LogP contribution in [0.5, 0.6) is 0 Å².